The fourth-order valence-corrected chi connectivity index (χ4v) is 3.66. The van der Waals surface area contributed by atoms with Crippen LogP contribution >= 0.6 is 0 Å². The summed E-state index contributed by atoms with van der Waals surface area (Å²) in [6, 6.07) is 5.27. The fourth-order valence-electron chi connectivity index (χ4n) is 3.66. The average Bonchev–Trinajstić information content (AvgIpc) is 3.33. The van der Waals surface area contributed by atoms with Crippen LogP contribution in [0.15, 0.2) is 33.3 Å². The maximum Gasteiger partial charge on any atom is 0.257 e. The molecular weight excluding hydrogens is 374 g/mol. The van der Waals surface area contributed by atoms with E-state index in [-0.39, 0.29) is 43.1 Å². The van der Waals surface area contributed by atoms with Gasteiger partial charge in [-0.15, -0.1) is 0 Å². The van der Waals surface area contributed by atoms with E-state index in [0.717, 1.165) is 0 Å². The number of nitrogens with zero attached hydrogens (tertiary/aromatic N) is 2. The molecule has 0 spiro atoms. The molecule has 0 radical (unpaired) electrons. The number of aryl methyl sites for hydroxylation is 2. The van der Waals surface area contributed by atoms with Gasteiger partial charge >= 0.3 is 0 Å². The van der Waals surface area contributed by atoms with Crippen LogP contribution < -0.4 is 5.73 Å². The van der Waals surface area contributed by atoms with E-state index in [4.69, 9.17) is 14.6 Å². The number of piperidine rings is 1. The van der Waals surface area contributed by atoms with Crippen molar-refractivity contribution < 1.29 is 23.2 Å². The van der Waals surface area contributed by atoms with Crippen molar-refractivity contribution in [1.82, 2.24) is 9.80 Å². The molecule has 1 fully saturated rings. The van der Waals surface area contributed by atoms with Crippen molar-refractivity contribution in [3.63, 3.8) is 0 Å². The second-order valence-electron chi connectivity index (χ2n) is 7.44. The molecule has 3 amide bonds. The quantitative estimate of drug-likeness (QED) is 0.765. The molecule has 3 heterocycles. The molecule has 8 nitrogen and oxygen atoms in total. The van der Waals surface area contributed by atoms with E-state index in [2.05, 4.69) is 0 Å². The van der Waals surface area contributed by atoms with Crippen molar-refractivity contribution in [2.75, 3.05) is 19.6 Å². The third kappa shape index (κ3) is 5.07. The summed E-state index contributed by atoms with van der Waals surface area (Å²) in [7, 11) is 0. The number of hydrogen-bond donors (Lipinski definition) is 1. The maximum absolute atomic E-state index is 13.1. The highest BCUT2D eigenvalue weighted by Crippen LogP contribution is 2.20. The van der Waals surface area contributed by atoms with Gasteiger partial charge in [0.15, 0.2) is 0 Å². The zero-order valence-corrected chi connectivity index (χ0v) is 16.8. The molecular formula is C21H27N3O5. The Bertz CT molecular complexity index is 863. The van der Waals surface area contributed by atoms with Crippen LogP contribution in [0.4, 0.5) is 0 Å². The molecule has 2 N–H and O–H groups in total. The lowest BCUT2D eigenvalue weighted by Gasteiger charge is -2.31. The van der Waals surface area contributed by atoms with Gasteiger partial charge in [-0.25, -0.2) is 0 Å². The first-order valence-corrected chi connectivity index (χ1v) is 9.81. The van der Waals surface area contributed by atoms with Gasteiger partial charge < -0.3 is 24.4 Å². The standard InChI is InChI=1S/C21H27N3O5/c1-14-12-18(15(2)29-14)21(27)24(13-17-4-3-11-28-17)10-7-19(25)23-8-5-16(6-9-23)20(22)26/h3-4,11-12,16H,5-10,13H2,1-2H3,(H2,22,26). The highest BCUT2D eigenvalue weighted by molar-refractivity contribution is 5.95. The van der Waals surface area contributed by atoms with Gasteiger partial charge in [0.2, 0.25) is 11.8 Å². The topological polar surface area (TPSA) is 110 Å². The monoisotopic (exact) mass is 401 g/mol. The highest BCUT2D eigenvalue weighted by Gasteiger charge is 2.27. The number of likely N-dealkylation sites (tertiary alicyclic amines) is 1. The molecule has 0 aliphatic carbocycles. The summed E-state index contributed by atoms with van der Waals surface area (Å²) in [6.07, 6.45) is 2.93. The molecule has 1 saturated heterocycles. The molecule has 156 valence electrons. The minimum absolute atomic E-state index is 0.0368. The van der Waals surface area contributed by atoms with E-state index in [9.17, 15) is 14.4 Å². The molecule has 0 unspecified atom stereocenters. The van der Waals surface area contributed by atoms with Crippen LogP contribution in [0.25, 0.3) is 0 Å². The molecule has 0 saturated carbocycles. The van der Waals surface area contributed by atoms with Crippen molar-refractivity contribution in [2.45, 2.75) is 39.7 Å². The lowest BCUT2D eigenvalue weighted by Crippen LogP contribution is -2.43. The molecule has 0 aromatic carbocycles. The number of furan rings is 2. The first kappa shape index (κ1) is 20.7. The Morgan fingerprint density at radius 3 is 2.52 bits per heavy atom. The van der Waals surface area contributed by atoms with E-state index >= 15 is 0 Å². The second kappa shape index (κ2) is 8.98. The van der Waals surface area contributed by atoms with Crippen LogP contribution in [-0.4, -0.2) is 47.2 Å². The van der Waals surface area contributed by atoms with Crippen LogP contribution in [-0.2, 0) is 16.1 Å². The summed E-state index contributed by atoms with van der Waals surface area (Å²) < 4.78 is 10.9. The number of rotatable bonds is 7. The third-order valence-corrected chi connectivity index (χ3v) is 5.33. The molecule has 2 aromatic heterocycles. The number of amides is 3. The van der Waals surface area contributed by atoms with Gasteiger partial charge in [-0.1, -0.05) is 0 Å². The van der Waals surface area contributed by atoms with Crippen LogP contribution in [0.5, 0.6) is 0 Å². The Hall–Kier alpha value is -3.03. The molecule has 0 atom stereocenters. The second-order valence-corrected chi connectivity index (χ2v) is 7.44. The Morgan fingerprint density at radius 1 is 1.24 bits per heavy atom. The Balaban J connectivity index is 1.64. The number of nitrogens with two attached hydrogens (primary N) is 1. The van der Waals surface area contributed by atoms with Crippen molar-refractivity contribution in [1.29, 1.82) is 0 Å². The molecule has 3 rings (SSSR count). The van der Waals surface area contributed by atoms with Gasteiger partial charge in [-0.05, 0) is 44.9 Å². The van der Waals surface area contributed by atoms with Gasteiger partial charge in [0.05, 0.1) is 18.4 Å². The van der Waals surface area contributed by atoms with Gasteiger partial charge in [-0.2, -0.15) is 0 Å². The first-order valence-electron chi connectivity index (χ1n) is 9.81. The SMILES string of the molecule is Cc1cc(C(=O)N(CCC(=O)N2CCC(C(N)=O)CC2)Cc2ccco2)c(C)o1. The first-order chi connectivity index (χ1) is 13.8. The van der Waals surface area contributed by atoms with Crippen molar-refractivity contribution in [3.05, 3.63) is 47.3 Å². The van der Waals surface area contributed by atoms with Crippen molar-refractivity contribution in [2.24, 2.45) is 11.7 Å². The summed E-state index contributed by atoms with van der Waals surface area (Å²) >= 11 is 0. The summed E-state index contributed by atoms with van der Waals surface area (Å²) in [4.78, 5) is 40.3. The van der Waals surface area contributed by atoms with Crippen LogP contribution in [0.3, 0.4) is 0 Å². The number of hydrogen-bond acceptors (Lipinski definition) is 5. The van der Waals surface area contributed by atoms with Crippen molar-refractivity contribution >= 4 is 17.7 Å². The molecule has 1 aliphatic heterocycles. The summed E-state index contributed by atoms with van der Waals surface area (Å²) in [5, 5.41) is 0. The van der Waals surface area contributed by atoms with Crippen LogP contribution in [0.2, 0.25) is 0 Å². The minimum Gasteiger partial charge on any atom is -0.467 e. The zero-order valence-electron chi connectivity index (χ0n) is 16.8. The number of carbonyl (C=O) groups excluding carboxylic acids is 3. The van der Waals surface area contributed by atoms with Crippen LogP contribution in [0.1, 0.15) is 46.9 Å². The molecule has 2 aromatic rings. The van der Waals surface area contributed by atoms with Crippen molar-refractivity contribution in [3.8, 4) is 0 Å². The maximum atomic E-state index is 13.1. The summed E-state index contributed by atoms with van der Waals surface area (Å²) in [5.74, 6) is 1.16. The van der Waals surface area contributed by atoms with E-state index in [1.165, 1.54) is 0 Å². The molecule has 0 bridgehead atoms. The Labute approximate surface area is 169 Å². The molecule has 8 heteroatoms. The predicted molar refractivity (Wildman–Crippen MR) is 105 cm³/mol. The van der Waals surface area contributed by atoms with Gasteiger partial charge in [0.25, 0.3) is 5.91 Å². The fraction of sp³-hybridized carbons (Fsp3) is 0.476. The lowest BCUT2D eigenvalue weighted by molar-refractivity contribution is -0.135. The highest BCUT2D eigenvalue weighted by atomic mass is 16.3. The average molecular weight is 401 g/mol. The third-order valence-electron chi connectivity index (χ3n) is 5.33. The van der Waals surface area contributed by atoms with E-state index in [1.54, 1.807) is 48.1 Å². The van der Waals surface area contributed by atoms with E-state index in [0.29, 0.717) is 48.8 Å². The van der Waals surface area contributed by atoms with Gasteiger partial charge in [0, 0.05) is 32.0 Å². The van der Waals surface area contributed by atoms with Gasteiger partial charge in [-0.3, -0.25) is 14.4 Å². The smallest absolute Gasteiger partial charge is 0.257 e. The predicted octanol–water partition coefficient (Wildman–Crippen LogP) is 2.25. The summed E-state index contributed by atoms with van der Waals surface area (Å²) in [5.41, 5.74) is 5.84. The Morgan fingerprint density at radius 2 is 1.97 bits per heavy atom. The van der Waals surface area contributed by atoms with E-state index < -0.39 is 0 Å². The molecule has 29 heavy (non-hydrogen) atoms. The normalized spacial score (nSPS) is 14.8. The molecule has 1 aliphatic rings. The Kier molecular flexibility index (Phi) is 6.41. The number of carbonyl (C=O) groups is 3. The summed E-state index contributed by atoms with van der Waals surface area (Å²) in [6.45, 7) is 5.10. The largest absolute Gasteiger partial charge is 0.467 e. The van der Waals surface area contributed by atoms with E-state index in [1.807, 2.05) is 0 Å². The minimum atomic E-state index is -0.307. The lowest BCUT2D eigenvalue weighted by atomic mass is 9.96. The zero-order chi connectivity index (χ0) is 21.0. The van der Waals surface area contributed by atoms with Crippen LogP contribution in [0, 0.1) is 19.8 Å². The van der Waals surface area contributed by atoms with Gasteiger partial charge in [0.1, 0.15) is 17.3 Å². The number of primary amides is 1.